The van der Waals surface area contributed by atoms with Gasteiger partial charge in [-0.3, -0.25) is 4.79 Å². The fraction of sp³-hybridized carbons (Fsp3) is 0.571. The first-order valence-electron chi connectivity index (χ1n) is 3.04. The average molecular weight is 151 g/mol. The first-order valence-corrected chi connectivity index (χ1v) is 3.04. The molecule has 0 unspecified atom stereocenters. The van der Waals surface area contributed by atoms with Crippen molar-refractivity contribution in [2.24, 2.45) is 5.92 Å². The fourth-order valence-corrected chi connectivity index (χ4v) is 0.106. The van der Waals surface area contributed by atoms with E-state index >= 15 is 0 Å². The smallest absolute Gasteiger partial charge is 1.00 e. The third-order valence-electron chi connectivity index (χ3n) is 0.476. The molecule has 0 atom stereocenters. The number of amides is 1. The minimum Gasteiger partial charge on any atom is -1.00 e. The number of rotatable bonds is 0. The second-order valence-electron chi connectivity index (χ2n) is 2.66. The fourth-order valence-electron chi connectivity index (χ4n) is 0.106. The van der Waals surface area contributed by atoms with Crippen LogP contribution in [0.2, 0.25) is 0 Å². The molecule has 1 aliphatic rings. The van der Waals surface area contributed by atoms with Crippen LogP contribution in [0.3, 0.4) is 0 Å². The summed E-state index contributed by atoms with van der Waals surface area (Å²) in [7, 11) is 0. The molecule has 0 aromatic heterocycles. The van der Waals surface area contributed by atoms with E-state index in [9.17, 15) is 4.79 Å². The largest absolute Gasteiger partial charge is 1.00 e. The van der Waals surface area contributed by atoms with Crippen molar-refractivity contribution < 1.29 is 35.8 Å². The molecular weight excluding hydrogens is 137 g/mol. The first kappa shape index (κ1) is 12.8. The van der Waals surface area contributed by atoms with Crippen molar-refractivity contribution in [3.05, 3.63) is 12.3 Å². The summed E-state index contributed by atoms with van der Waals surface area (Å²) >= 11 is 0. The molecule has 1 heterocycles. The summed E-state index contributed by atoms with van der Waals surface area (Å²) in [4.78, 5) is 9.68. The zero-order valence-corrected chi connectivity index (χ0v) is 9.19. The molecule has 0 aromatic carbocycles. The molecular formula is C7H14NNaO. The van der Waals surface area contributed by atoms with Crippen LogP contribution >= 0.6 is 0 Å². The van der Waals surface area contributed by atoms with Gasteiger partial charge in [0, 0.05) is 0 Å². The Bertz CT molecular complexity index is 122. The van der Waals surface area contributed by atoms with Gasteiger partial charge >= 0.3 is 29.6 Å². The van der Waals surface area contributed by atoms with Gasteiger partial charge in [0.15, 0.2) is 0 Å². The van der Waals surface area contributed by atoms with Crippen LogP contribution in [0.1, 0.15) is 22.2 Å². The maximum Gasteiger partial charge on any atom is 1.00 e. The molecule has 1 rings (SSSR count). The minimum atomic E-state index is -0.0231. The predicted molar refractivity (Wildman–Crippen MR) is 38.9 cm³/mol. The van der Waals surface area contributed by atoms with E-state index in [-0.39, 0.29) is 36.9 Å². The van der Waals surface area contributed by atoms with E-state index in [4.69, 9.17) is 0 Å². The van der Waals surface area contributed by atoms with Crippen LogP contribution < -0.4 is 34.9 Å². The number of nitrogens with one attached hydrogen (secondary N) is 1. The molecule has 1 N–H and O–H groups in total. The molecule has 0 bridgehead atoms. The van der Waals surface area contributed by atoms with Gasteiger partial charge in [-0.25, -0.2) is 0 Å². The molecule has 3 heteroatoms. The Morgan fingerprint density at radius 2 is 1.60 bits per heavy atom. The maximum absolute atomic E-state index is 9.68. The topological polar surface area (TPSA) is 39.0 Å². The van der Waals surface area contributed by atoms with E-state index in [1.165, 1.54) is 0 Å². The molecule has 1 aliphatic heterocycles. The Balaban J connectivity index is -0.000000101. The molecule has 1 fully saturated rings. The van der Waals surface area contributed by atoms with Gasteiger partial charge in [-0.05, 0) is 5.92 Å². The summed E-state index contributed by atoms with van der Waals surface area (Å²) in [5, 5.41) is 2.36. The van der Waals surface area contributed by atoms with Crippen molar-refractivity contribution in [1.29, 1.82) is 0 Å². The monoisotopic (exact) mass is 151 g/mol. The van der Waals surface area contributed by atoms with Gasteiger partial charge in [0.25, 0.3) is 5.91 Å². The van der Waals surface area contributed by atoms with Gasteiger partial charge in [0.2, 0.25) is 0 Å². The normalized spacial score (nSPS) is 12.8. The summed E-state index contributed by atoms with van der Waals surface area (Å²) in [5.74, 6) is 0.810. The van der Waals surface area contributed by atoms with Crippen molar-refractivity contribution in [3.63, 3.8) is 0 Å². The Kier molecular flexibility index (Phi) is 7.65. The Morgan fingerprint density at radius 1 is 1.50 bits per heavy atom. The Morgan fingerprint density at radius 3 is 1.60 bits per heavy atom. The van der Waals surface area contributed by atoms with Crippen molar-refractivity contribution in [1.82, 2.24) is 5.32 Å². The molecule has 0 spiro atoms. The van der Waals surface area contributed by atoms with Gasteiger partial charge in [0.05, 0.1) is 5.70 Å². The zero-order chi connectivity index (χ0) is 7.44. The first-order chi connectivity index (χ1) is 4.04. The van der Waals surface area contributed by atoms with E-state index < -0.39 is 0 Å². The van der Waals surface area contributed by atoms with Crippen LogP contribution in [0.5, 0.6) is 0 Å². The van der Waals surface area contributed by atoms with E-state index in [2.05, 4.69) is 32.7 Å². The molecule has 10 heavy (non-hydrogen) atoms. The summed E-state index contributed by atoms with van der Waals surface area (Å²) in [6.45, 7) is 9.79. The number of carbonyl (C=O) groups is 1. The molecule has 0 aromatic rings. The van der Waals surface area contributed by atoms with E-state index in [0.29, 0.717) is 5.70 Å². The third kappa shape index (κ3) is 11.1. The van der Waals surface area contributed by atoms with Gasteiger partial charge in [0.1, 0.15) is 0 Å². The van der Waals surface area contributed by atoms with Crippen LogP contribution in [0, 0.1) is 5.92 Å². The Hall–Kier alpha value is 0.210. The second kappa shape index (κ2) is 5.96. The molecule has 0 radical (unpaired) electrons. The van der Waals surface area contributed by atoms with Gasteiger partial charge in [-0.1, -0.05) is 27.4 Å². The standard InChI is InChI=1S/C4H10.C3H3NO.Na.H/c1-4(2)3;1-2-3(5)4-2;;/h4H,1-3H3;1H2,(H,4,5);;/q;;+1;-1. The van der Waals surface area contributed by atoms with Gasteiger partial charge in [-0.15, -0.1) is 0 Å². The SMILES string of the molecule is C=C1NC1=O.CC(C)C.[H-].[Na+]. The minimum absolute atomic E-state index is 0. The van der Waals surface area contributed by atoms with E-state index in [1.807, 2.05) is 0 Å². The number of carbonyl (C=O) groups excluding carboxylic acids is 1. The Labute approximate surface area is 85.8 Å². The van der Waals surface area contributed by atoms with Crippen LogP contribution in [0.15, 0.2) is 12.3 Å². The van der Waals surface area contributed by atoms with Gasteiger partial charge in [-0.2, -0.15) is 0 Å². The number of hydrogen-bond donors (Lipinski definition) is 1. The van der Waals surface area contributed by atoms with Crippen molar-refractivity contribution in [3.8, 4) is 0 Å². The zero-order valence-electron chi connectivity index (χ0n) is 8.19. The van der Waals surface area contributed by atoms with Crippen LogP contribution in [0.25, 0.3) is 0 Å². The van der Waals surface area contributed by atoms with Crippen LogP contribution in [0.4, 0.5) is 0 Å². The molecule has 1 amide bonds. The summed E-state index contributed by atoms with van der Waals surface area (Å²) < 4.78 is 0. The van der Waals surface area contributed by atoms with E-state index in [0.717, 1.165) is 5.92 Å². The second-order valence-corrected chi connectivity index (χ2v) is 2.66. The molecule has 0 saturated carbocycles. The third-order valence-corrected chi connectivity index (χ3v) is 0.476. The molecule has 2 nitrogen and oxygen atoms in total. The molecule has 1 saturated heterocycles. The quantitative estimate of drug-likeness (QED) is 0.253. The van der Waals surface area contributed by atoms with E-state index in [1.54, 1.807) is 0 Å². The molecule has 54 valence electrons. The summed E-state index contributed by atoms with van der Waals surface area (Å²) in [5.41, 5.74) is 0.532. The average Bonchev–Trinajstić information content (AvgIpc) is 2.16. The number of hydrogen-bond acceptors (Lipinski definition) is 1. The van der Waals surface area contributed by atoms with Crippen LogP contribution in [-0.2, 0) is 4.79 Å². The predicted octanol–water partition coefficient (Wildman–Crippen LogP) is -1.59. The summed E-state index contributed by atoms with van der Waals surface area (Å²) in [6, 6.07) is 0. The summed E-state index contributed by atoms with van der Waals surface area (Å²) in [6.07, 6.45) is 0. The van der Waals surface area contributed by atoms with Crippen molar-refractivity contribution in [2.45, 2.75) is 20.8 Å². The van der Waals surface area contributed by atoms with Gasteiger partial charge < -0.3 is 6.74 Å². The maximum atomic E-state index is 9.68. The molecule has 0 aliphatic carbocycles. The van der Waals surface area contributed by atoms with Crippen LogP contribution in [-0.4, -0.2) is 5.91 Å². The van der Waals surface area contributed by atoms with Crippen molar-refractivity contribution >= 4 is 5.91 Å². The van der Waals surface area contributed by atoms with Crippen molar-refractivity contribution in [2.75, 3.05) is 0 Å².